The molecule has 1 aliphatic carbocycles. The van der Waals surface area contributed by atoms with Crippen molar-refractivity contribution in [3.8, 4) is 22.8 Å². The van der Waals surface area contributed by atoms with Crippen LogP contribution in [-0.2, 0) is 30.9 Å². The minimum atomic E-state index is -3.74. The Kier molecular flexibility index (Phi) is 11.4. The number of ether oxygens (including phenoxy) is 4. The Labute approximate surface area is 323 Å². The highest BCUT2D eigenvalue weighted by atomic mass is 19.3. The monoisotopic (exact) mass is 766 g/mol. The van der Waals surface area contributed by atoms with Crippen molar-refractivity contribution in [1.82, 2.24) is 15.6 Å². The first-order chi connectivity index (χ1) is 27.0. The molecule has 0 bridgehead atoms. The molecular weight excluding hydrogens is 722 g/mol. The lowest BCUT2D eigenvalue weighted by atomic mass is 9.94. The molecule has 2 fully saturated rings. The maximum Gasteiger partial charge on any atom is 0.586 e. The summed E-state index contributed by atoms with van der Waals surface area (Å²) in [6.45, 7) is 7.12. The number of aromatic nitrogens is 1. The Morgan fingerprint density at radius 3 is 2.59 bits per heavy atom. The predicted octanol–water partition coefficient (Wildman–Crippen LogP) is 6.95. The van der Waals surface area contributed by atoms with E-state index in [1.807, 2.05) is 25.1 Å². The van der Waals surface area contributed by atoms with E-state index in [1.54, 1.807) is 30.3 Å². The highest BCUT2D eigenvalue weighted by Gasteiger charge is 2.53. The largest absolute Gasteiger partial charge is 0.586 e. The van der Waals surface area contributed by atoms with Crippen LogP contribution in [0.5, 0.6) is 11.5 Å². The molecule has 3 heterocycles. The SMILES string of the molecule is C=CC(=O)NC[C@@H]1CC[C@@H](c2cccc(CCCOCCNC(=O)c3cccc(-c4nc(NC(=O)C5(c6ccc7c(c6)OC(F)(F)O7)CC5)ccc4C)c3)c2)O1. The van der Waals surface area contributed by atoms with Gasteiger partial charge in [0.2, 0.25) is 11.8 Å². The summed E-state index contributed by atoms with van der Waals surface area (Å²) in [6.07, 6.45) is 2.09. The number of benzene rings is 3. The van der Waals surface area contributed by atoms with Crippen molar-refractivity contribution in [3.63, 3.8) is 0 Å². The van der Waals surface area contributed by atoms with Crippen LogP contribution in [-0.4, -0.2) is 61.4 Å². The third kappa shape index (κ3) is 9.06. The van der Waals surface area contributed by atoms with Gasteiger partial charge in [0.15, 0.2) is 11.5 Å². The number of anilines is 1. The maximum absolute atomic E-state index is 13.6. The molecule has 0 unspecified atom stereocenters. The van der Waals surface area contributed by atoms with Gasteiger partial charge in [0, 0.05) is 30.8 Å². The number of halogens is 2. The number of pyridine rings is 1. The molecule has 3 aromatic carbocycles. The van der Waals surface area contributed by atoms with Crippen molar-refractivity contribution in [1.29, 1.82) is 0 Å². The molecule has 0 spiro atoms. The van der Waals surface area contributed by atoms with Gasteiger partial charge in [0.05, 0.1) is 29.9 Å². The van der Waals surface area contributed by atoms with Crippen LogP contribution in [0.3, 0.4) is 0 Å². The molecule has 1 saturated heterocycles. The van der Waals surface area contributed by atoms with Gasteiger partial charge in [-0.1, -0.05) is 55.1 Å². The highest BCUT2D eigenvalue weighted by Crippen LogP contribution is 2.52. The average molecular weight is 767 g/mol. The summed E-state index contributed by atoms with van der Waals surface area (Å²) in [4.78, 5) is 42.8. The number of rotatable bonds is 16. The van der Waals surface area contributed by atoms with Crippen molar-refractivity contribution < 1.29 is 42.1 Å². The molecular formula is C43H44F2N4O7. The number of amides is 3. The highest BCUT2D eigenvalue weighted by molar-refractivity contribution is 6.01. The van der Waals surface area contributed by atoms with Gasteiger partial charge in [0.25, 0.3) is 5.91 Å². The Morgan fingerprint density at radius 2 is 1.77 bits per heavy atom. The number of carbonyl (C=O) groups is 3. The molecule has 56 heavy (non-hydrogen) atoms. The van der Waals surface area contributed by atoms with Gasteiger partial charge < -0.3 is 34.9 Å². The smallest absolute Gasteiger partial charge is 0.395 e. The summed E-state index contributed by atoms with van der Waals surface area (Å²) in [5.41, 5.74) is 4.64. The minimum Gasteiger partial charge on any atom is -0.395 e. The summed E-state index contributed by atoms with van der Waals surface area (Å²) >= 11 is 0. The van der Waals surface area contributed by atoms with Crippen molar-refractivity contribution >= 4 is 23.5 Å². The van der Waals surface area contributed by atoms with Gasteiger partial charge in [-0.05, 0) is 104 Å². The Hall–Kier alpha value is -5.66. The lowest BCUT2D eigenvalue weighted by molar-refractivity contribution is -0.286. The summed E-state index contributed by atoms with van der Waals surface area (Å²) in [6, 6.07) is 23.5. The van der Waals surface area contributed by atoms with Gasteiger partial charge in [-0.3, -0.25) is 14.4 Å². The van der Waals surface area contributed by atoms with Crippen molar-refractivity contribution in [2.24, 2.45) is 0 Å². The second-order valence-electron chi connectivity index (χ2n) is 14.3. The first kappa shape index (κ1) is 38.6. The number of fused-ring (bicyclic) bond motifs is 1. The molecule has 3 aliphatic rings. The molecule has 1 saturated carbocycles. The van der Waals surface area contributed by atoms with Gasteiger partial charge in [0.1, 0.15) is 5.82 Å². The van der Waals surface area contributed by atoms with E-state index in [0.29, 0.717) is 67.3 Å². The summed E-state index contributed by atoms with van der Waals surface area (Å²) in [5.74, 6) is -0.587. The predicted molar refractivity (Wildman–Crippen MR) is 205 cm³/mol. The Morgan fingerprint density at radius 1 is 0.946 bits per heavy atom. The van der Waals surface area contributed by atoms with Crippen molar-refractivity contribution in [2.45, 2.75) is 69.4 Å². The van der Waals surface area contributed by atoms with Crippen LogP contribution in [0.4, 0.5) is 14.6 Å². The van der Waals surface area contributed by atoms with Crippen LogP contribution in [0.15, 0.2) is 91.5 Å². The molecule has 2 atom stereocenters. The molecule has 3 N–H and O–H groups in total. The lowest BCUT2D eigenvalue weighted by Gasteiger charge is -2.17. The van der Waals surface area contributed by atoms with Gasteiger partial charge in [-0.25, -0.2) is 4.98 Å². The standard InChI is InChI=1S/C43H44F2N4O7/c1-3-38(50)47-26-33-14-16-34(54-33)29-9-4-7-28(23-29)8-6-21-53-22-20-46-40(51)31-11-5-10-30(24-31)39-27(2)12-17-37(48-39)49-41(52)42(18-19-42)32-13-15-35-36(25-32)56-43(44,45)55-35/h3-5,7,9-13,15,17,23-25,33-34H,1,6,8,14,16,18-22,26H2,2H3,(H,46,51)(H,47,50)(H,48,49,52)/t33-,34-/m0/s1. The van der Waals surface area contributed by atoms with Crippen molar-refractivity contribution in [3.05, 3.63) is 119 Å². The lowest BCUT2D eigenvalue weighted by Crippen LogP contribution is -2.30. The fourth-order valence-electron chi connectivity index (χ4n) is 7.11. The topological polar surface area (TPSA) is 137 Å². The zero-order chi connectivity index (χ0) is 39.3. The fraction of sp³-hybridized carbons (Fsp3) is 0.349. The van der Waals surface area contributed by atoms with Gasteiger partial charge in [-0.2, -0.15) is 0 Å². The Balaban J connectivity index is 0.859. The van der Waals surface area contributed by atoms with Crippen LogP contribution in [0, 0.1) is 6.92 Å². The van der Waals surface area contributed by atoms with Gasteiger partial charge >= 0.3 is 6.29 Å². The summed E-state index contributed by atoms with van der Waals surface area (Å²) in [5, 5.41) is 8.62. The number of nitrogens with zero attached hydrogens (tertiary/aromatic N) is 1. The molecule has 4 aromatic rings. The fourth-order valence-corrected chi connectivity index (χ4v) is 7.11. The number of hydrogen-bond acceptors (Lipinski definition) is 8. The third-order valence-electron chi connectivity index (χ3n) is 10.3. The van der Waals surface area contributed by atoms with Crippen LogP contribution in [0.2, 0.25) is 0 Å². The van der Waals surface area contributed by atoms with Crippen LogP contribution in [0.25, 0.3) is 11.3 Å². The summed E-state index contributed by atoms with van der Waals surface area (Å²) in [7, 11) is 0. The van der Waals surface area contributed by atoms with Crippen LogP contribution < -0.4 is 25.4 Å². The molecule has 13 heteroatoms. The first-order valence-corrected chi connectivity index (χ1v) is 18.8. The van der Waals surface area contributed by atoms with E-state index in [9.17, 15) is 23.2 Å². The van der Waals surface area contributed by atoms with E-state index >= 15 is 0 Å². The number of alkyl halides is 2. The molecule has 3 amide bonds. The van der Waals surface area contributed by atoms with Crippen molar-refractivity contribution in [2.75, 3.05) is 31.6 Å². The second-order valence-corrected chi connectivity index (χ2v) is 14.3. The van der Waals surface area contributed by atoms with Gasteiger partial charge in [-0.15, -0.1) is 8.78 Å². The van der Waals surface area contributed by atoms with E-state index in [1.165, 1.54) is 23.8 Å². The van der Waals surface area contributed by atoms with E-state index in [0.717, 1.165) is 36.8 Å². The van der Waals surface area contributed by atoms with E-state index in [2.05, 4.69) is 50.2 Å². The molecule has 7 rings (SSSR count). The number of aryl methyl sites for hydroxylation is 2. The maximum atomic E-state index is 13.6. The average Bonchev–Trinajstić information content (AvgIpc) is 3.76. The van der Waals surface area contributed by atoms with E-state index in [-0.39, 0.29) is 41.4 Å². The van der Waals surface area contributed by atoms with E-state index in [4.69, 9.17) is 14.5 Å². The normalized spacial score (nSPS) is 18.6. The van der Waals surface area contributed by atoms with Crippen LogP contribution in [0.1, 0.15) is 70.8 Å². The second kappa shape index (κ2) is 16.6. The van der Waals surface area contributed by atoms with E-state index < -0.39 is 11.7 Å². The molecule has 0 radical (unpaired) electrons. The number of carbonyl (C=O) groups excluding carboxylic acids is 3. The number of hydrogen-bond donors (Lipinski definition) is 3. The molecule has 2 aliphatic heterocycles. The Bertz CT molecular complexity index is 2120. The molecule has 292 valence electrons. The minimum absolute atomic E-state index is 0.00694. The van der Waals surface area contributed by atoms with Crippen LogP contribution >= 0.6 is 0 Å². The molecule has 1 aromatic heterocycles. The first-order valence-electron chi connectivity index (χ1n) is 18.8. The zero-order valence-electron chi connectivity index (χ0n) is 31.1. The molecule has 11 nitrogen and oxygen atoms in total. The third-order valence-corrected chi connectivity index (χ3v) is 10.3. The number of nitrogens with one attached hydrogen (secondary N) is 3. The zero-order valence-corrected chi connectivity index (χ0v) is 31.1. The quantitative estimate of drug-likeness (QED) is 0.0824. The summed E-state index contributed by atoms with van der Waals surface area (Å²) < 4.78 is 48.2.